The molecule has 0 saturated carbocycles. The third kappa shape index (κ3) is 4.88. The van der Waals surface area contributed by atoms with Crippen LogP contribution in [0.2, 0.25) is 0 Å². The number of amides is 2. The molecule has 1 aliphatic rings. The van der Waals surface area contributed by atoms with Crippen molar-refractivity contribution in [1.29, 1.82) is 0 Å². The van der Waals surface area contributed by atoms with Crippen LogP contribution in [-0.4, -0.2) is 77.9 Å². The van der Waals surface area contributed by atoms with Gasteiger partial charge in [0.2, 0.25) is 0 Å². The molecule has 112 valence electrons. The van der Waals surface area contributed by atoms with Crippen LogP contribution in [0.4, 0.5) is 4.79 Å². The van der Waals surface area contributed by atoms with Gasteiger partial charge in [-0.2, -0.15) is 0 Å². The van der Waals surface area contributed by atoms with Crippen LogP contribution in [0, 0.1) is 0 Å². The molecule has 1 heterocycles. The van der Waals surface area contributed by atoms with E-state index >= 15 is 0 Å². The lowest BCUT2D eigenvalue weighted by molar-refractivity contribution is -0.140. The van der Waals surface area contributed by atoms with Crippen molar-refractivity contribution >= 4 is 18.0 Å². The predicted molar refractivity (Wildman–Crippen MR) is 68.4 cm³/mol. The van der Waals surface area contributed by atoms with E-state index in [0.29, 0.717) is 26.1 Å². The molecule has 8 heteroatoms. The predicted octanol–water partition coefficient (Wildman–Crippen LogP) is -0.144. The molecule has 1 rings (SSSR count). The summed E-state index contributed by atoms with van der Waals surface area (Å²) in [5.41, 5.74) is 1.07. The van der Waals surface area contributed by atoms with E-state index in [-0.39, 0.29) is 0 Å². The normalized spacial score (nSPS) is 14.7. The van der Waals surface area contributed by atoms with Crippen LogP contribution in [0.5, 0.6) is 0 Å². The first-order valence-corrected chi connectivity index (χ1v) is 6.08. The summed E-state index contributed by atoms with van der Waals surface area (Å²) < 4.78 is 4.99. The Bertz CT molecular complexity index is 404. The molecule has 0 fully saturated rings. The molecule has 0 atom stereocenters. The molecule has 0 unspecified atom stereocenters. The smallest absolute Gasteiger partial charge is 0.323 e. The topological polar surface area (TPSA) is 107 Å². The van der Waals surface area contributed by atoms with Crippen LogP contribution in [-0.2, 0) is 14.3 Å². The van der Waals surface area contributed by atoms with E-state index in [4.69, 9.17) is 14.9 Å². The van der Waals surface area contributed by atoms with E-state index in [1.54, 1.807) is 7.11 Å². The Morgan fingerprint density at radius 1 is 1.30 bits per heavy atom. The van der Waals surface area contributed by atoms with Gasteiger partial charge < -0.3 is 24.7 Å². The fourth-order valence-corrected chi connectivity index (χ4v) is 1.92. The number of carbonyl (C=O) groups is 3. The molecule has 0 spiro atoms. The number of rotatable bonds is 6. The summed E-state index contributed by atoms with van der Waals surface area (Å²) in [7, 11) is 1.58. The molecule has 0 bridgehead atoms. The average molecular weight is 286 g/mol. The van der Waals surface area contributed by atoms with Crippen LogP contribution in [0.25, 0.3) is 0 Å². The number of urea groups is 1. The maximum absolute atomic E-state index is 12.1. The minimum absolute atomic E-state index is 0.327. The van der Waals surface area contributed by atoms with Crippen LogP contribution in [0.15, 0.2) is 11.6 Å². The molecule has 0 aromatic heterocycles. The van der Waals surface area contributed by atoms with Gasteiger partial charge in [0, 0.05) is 20.2 Å². The number of carboxylic acid groups (broad SMARTS) is 2. The summed E-state index contributed by atoms with van der Waals surface area (Å²) >= 11 is 0. The molecule has 20 heavy (non-hydrogen) atoms. The molecule has 2 N–H and O–H groups in total. The van der Waals surface area contributed by atoms with Gasteiger partial charge in [0.1, 0.15) is 13.1 Å². The van der Waals surface area contributed by atoms with Crippen LogP contribution < -0.4 is 0 Å². The number of hydrogen-bond acceptors (Lipinski definition) is 4. The fraction of sp³-hybridized carbons (Fsp3) is 0.583. The van der Waals surface area contributed by atoms with Gasteiger partial charge in [-0.05, 0) is 12.0 Å². The molecule has 0 aromatic carbocycles. The lowest BCUT2D eigenvalue weighted by atomic mass is 10.1. The molecule has 1 aliphatic heterocycles. The van der Waals surface area contributed by atoms with E-state index in [9.17, 15) is 14.4 Å². The first-order valence-electron chi connectivity index (χ1n) is 6.08. The summed E-state index contributed by atoms with van der Waals surface area (Å²) in [5.74, 6) is -2.49. The van der Waals surface area contributed by atoms with Gasteiger partial charge in [0.05, 0.1) is 6.61 Å². The highest BCUT2D eigenvalue weighted by molar-refractivity contribution is 5.84. The minimum atomic E-state index is -1.24. The lowest BCUT2D eigenvalue weighted by Gasteiger charge is -2.31. The Hall–Kier alpha value is -2.09. The average Bonchev–Trinajstić information content (AvgIpc) is 2.37. The van der Waals surface area contributed by atoms with Crippen molar-refractivity contribution in [1.82, 2.24) is 9.80 Å². The van der Waals surface area contributed by atoms with Crippen molar-refractivity contribution in [2.45, 2.75) is 6.42 Å². The van der Waals surface area contributed by atoms with Gasteiger partial charge in [-0.25, -0.2) is 4.79 Å². The van der Waals surface area contributed by atoms with Crippen molar-refractivity contribution in [3.63, 3.8) is 0 Å². The Labute approximate surface area is 116 Å². The largest absolute Gasteiger partial charge is 0.480 e. The standard InChI is InChI=1S/C12H18N2O6/c1-20-8-9-2-4-13(5-3-9)12(19)14(6-10(15)16)7-11(17)18/h2H,3-8H2,1H3,(H,15,16)(H,17,18). The third-order valence-corrected chi connectivity index (χ3v) is 2.83. The molecular weight excluding hydrogens is 268 g/mol. The van der Waals surface area contributed by atoms with E-state index in [1.165, 1.54) is 4.90 Å². The summed E-state index contributed by atoms with van der Waals surface area (Å²) in [6.07, 6.45) is 2.47. The van der Waals surface area contributed by atoms with Gasteiger partial charge >= 0.3 is 18.0 Å². The zero-order valence-electron chi connectivity index (χ0n) is 11.2. The Kier molecular flexibility index (Phi) is 5.98. The van der Waals surface area contributed by atoms with Crippen molar-refractivity contribution in [3.05, 3.63) is 11.6 Å². The van der Waals surface area contributed by atoms with Crippen molar-refractivity contribution in [2.75, 3.05) is 39.9 Å². The number of carbonyl (C=O) groups excluding carboxylic acids is 1. The summed E-state index contributed by atoms with van der Waals surface area (Å²) in [6, 6.07) is -0.581. The number of aliphatic carboxylic acids is 2. The van der Waals surface area contributed by atoms with Gasteiger partial charge in [-0.15, -0.1) is 0 Å². The molecular formula is C12H18N2O6. The van der Waals surface area contributed by atoms with Gasteiger partial charge in [-0.3, -0.25) is 9.59 Å². The maximum Gasteiger partial charge on any atom is 0.323 e. The number of hydrogen-bond donors (Lipinski definition) is 2. The molecule has 2 amide bonds. The van der Waals surface area contributed by atoms with E-state index in [0.717, 1.165) is 10.5 Å². The van der Waals surface area contributed by atoms with Crippen LogP contribution in [0.3, 0.4) is 0 Å². The van der Waals surface area contributed by atoms with Crippen LogP contribution in [0.1, 0.15) is 6.42 Å². The second-order valence-electron chi connectivity index (χ2n) is 4.42. The molecule has 0 aliphatic carbocycles. The summed E-state index contributed by atoms with van der Waals surface area (Å²) in [6.45, 7) is -0.0143. The van der Waals surface area contributed by atoms with E-state index in [1.807, 2.05) is 6.08 Å². The van der Waals surface area contributed by atoms with Crippen molar-refractivity contribution in [2.24, 2.45) is 0 Å². The third-order valence-electron chi connectivity index (χ3n) is 2.83. The quantitative estimate of drug-likeness (QED) is 0.658. The van der Waals surface area contributed by atoms with E-state index < -0.39 is 31.1 Å². The number of ether oxygens (including phenoxy) is 1. The monoisotopic (exact) mass is 286 g/mol. The van der Waals surface area contributed by atoms with Crippen molar-refractivity contribution < 1.29 is 29.3 Å². The highest BCUT2D eigenvalue weighted by Gasteiger charge is 2.25. The second-order valence-corrected chi connectivity index (χ2v) is 4.42. The Morgan fingerprint density at radius 2 is 1.90 bits per heavy atom. The highest BCUT2D eigenvalue weighted by atomic mass is 16.5. The lowest BCUT2D eigenvalue weighted by Crippen LogP contribution is -2.48. The molecule has 0 aromatic rings. The molecule has 0 saturated heterocycles. The maximum atomic E-state index is 12.1. The summed E-state index contributed by atoms with van der Waals surface area (Å²) in [5, 5.41) is 17.4. The number of carboxylic acids is 2. The molecule has 8 nitrogen and oxygen atoms in total. The second kappa shape index (κ2) is 7.49. The zero-order valence-corrected chi connectivity index (χ0v) is 11.2. The summed E-state index contributed by atoms with van der Waals surface area (Å²) in [4.78, 5) is 35.7. The first-order chi connectivity index (χ1) is 9.43. The number of methoxy groups -OCH3 is 1. The first kappa shape index (κ1) is 16.0. The SMILES string of the molecule is COCC1=CCN(C(=O)N(CC(=O)O)CC(=O)O)CC1. The van der Waals surface area contributed by atoms with Gasteiger partial charge in [-0.1, -0.05) is 6.08 Å². The van der Waals surface area contributed by atoms with Crippen molar-refractivity contribution in [3.8, 4) is 0 Å². The minimum Gasteiger partial charge on any atom is -0.480 e. The fourth-order valence-electron chi connectivity index (χ4n) is 1.92. The van der Waals surface area contributed by atoms with E-state index in [2.05, 4.69) is 0 Å². The zero-order chi connectivity index (χ0) is 15.1. The highest BCUT2D eigenvalue weighted by Crippen LogP contribution is 2.12. The molecule has 0 radical (unpaired) electrons. The number of nitrogens with zero attached hydrogens (tertiary/aromatic N) is 2. The Balaban J connectivity index is 2.66. The van der Waals surface area contributed by atoms with Gasteiger partial charge in [0.15, 0.2) is 0 Å². The van der Waals surface area contributed by atoms with Crippen LogP contribution >= 0.6 is 0 Å². The Morgan fingerprint density at radius 3 is 2.30 bits per heavy atom. The van der Waals surface area contributed by atoms with Gasteiger partial charge in [0.25, 0.3) is 0 Å².